The summed E-state index contributed by atoms with van der Waals surface area (Å²) < 4.78 is 21.5. The lowest BCUT2D eigenvalue weighted by Crippen LogP contribution is -2.57. The third-order valence-corrected chi connectivity index (χ3v) is 10.3. The molecule has 2 aromatic heterocycles. The fraction of sp³-hybridized carbons (Fsp3) is 0.562. The predicted octanol–water partition coefficient (Wildman–Crippen LogP) is 3.96. The van der Waals surface area contributed by atoms with Gasteiger partial charge in [-0.15, -0.1) is 0 Å². The number of nitriles is 1. The minimum Gasteiger partial charge on any atom is -0.389 e. The monoisotopic (exact) mass is 619 g/mol. The highest BCUT2D eigenvalue weighted by atomic mass is 32.1. The van der Waals surface area contributed by atoms with Crippen LogP contribution in [0, 0.1) is 17.1 Å². The van der Waals surface area contributed by atoms with Crippen LogP contribution in [-0.4, -0.2) is 102 Å². The Labute approximate surface area is 260 Å². The van der Waals surface area contributed by atoms with E-state index in [-0.39, 0.29) is 17.6 Å². The number of thiazole rings is 1. The highest BCUT2D eigenvalue weighted by Crippen LogP contribution is 2.45. The van der Waals surface area contributed by atoms with Crippen molar-refractivity contribution in [2.75, 3.05) is 75.4 Å². The van der Waals surface area contributed by atoms with Crippen LogP contribution in [0.25, 0.3) is 10.9 Å². The van der Waals surface area contributed by atoms with Crippen LogP contribution in [0.1, 0.15) is 60.7 Å². The number of piperazine rings is 1. The Kier molecular flexibility index (Phi) is 8.14. The molecule has 3 aliphatic heterocycles. The molecule has 0 spiro atoms. The first-order valence-corrected chi connectivity index (χ1v) is 16.6. The SMILES string of the molecule is CCN(c1nc(C2CCOCC2)c(C#N)s1)c1cc(C2CC2)nc2c(F)cc(N3CCN(CC(=O)N4CC(O)C4)CC3)cc12. The number of halogens is 1. The number of β-amino-alcohol motifs (C(OH)–C–C–N with tert-alkyl or cyclic N) is 1. The standard InChI is InChI=1S/C32H38FN7O3S/c1-2-40(32-36-30(28(16-34)44-32)21-5-11-43-12-6-21)27-15-26(20-3-4-20)35-31-24(27)13-22(14-25(31)33)38-9-7-37(8-10-38)19-29(42)39-17-23(41)18-39/h13-15,20-21,23,41H,2-12,17-19H2,1H3. The molecule has 44 heavy (non-hydrogen) atoms. The number of fused-ring (bicyclic) bond motifs is 1. The van der Waals surface area contributed by atoms with E-state index in [1.165, 1.54) is 11.3 Å². The van der Waals surface area contributed by atoms with Gasteiger partial charge >= 0.3 is 0 Å². The Balaban J connectivity index is 1.19. The molecule has 0 radical (unpaired) electrons. The summed E-state index contributed by atoms with van der Waals surface area (Å²) >= 11 is 1.41. The van der Waals surface area contributed by atoms with Crippen molar-refractivity contribution in [3.8, 4) is 6.07 Å². The molecule has 1 saturated carbocycles. The molecule has 3 saturated heterocycles. The van der Waals surface area contributed by atoms with Gasteiger partial charge in [-0.2, -0.15) is 5.26 Å². The van der Waals surface area contributed by atoms with Gasteiger partial charge in [-0.05, 0) is 50.8 Å². The lowest BCUT2D eigenvalue weighted by molar-refractivity contribution is -0.142. The summed E-state index contributed by atoms with van der Waals surface area (Å²) in [5, 5.41) is 21.0. The molecule has 0 atom stereocenters. The van der Waals surface area contributed by atoms with Gasteiger partial charge in [0, 0.05) is 87.6 Å². The summed E-state index contributed by atoms with van der Waals surface area (Å²) in [4.78, 5) is 31.1. The molecule has 5 heterocycles. The number of nitrogens with zero attached hydrogens (tertiary/aromatic N) is 7. The van der Waals surface area contributed by atoms with Gasteiger partial charge < -0.3 is 24.5 Å². The van der Waals surface area contributed by atoms with Gasteiger partial charge in [0.25, 0.3) is 0 Å². The lowest BCUT2D eigenvalue weighted by atomic mass is 9.96. The van der Waals surface area contributed by atoms with Crippen LogP contribution in [0.4, 0.5) is 20.9 Å². The minimum atomic E-state index is -0.403. The van der Waals surface area contributed by atoms with E-state index in [2.05, 4.69) is 33.8 Å². The first-order valence-electron chi connectivity index (χ1n) is 15.7. The highest BCUT2D eigenvalue weighted by Gasteiger charge is 2.32. The molecule has 10 nitrogen and oxygen atoms in total. The number of anilines is 3. The number of rotatable bonds is 8. The molecule has 7 rings (SSSR count). The first kappa shape index (κ1) is 29.3. The number of carbonyl (C=O) groups excluding carboxylic acids is 1. The quantitative estimate of drug-likeness (QED) is 0.401. The molecule has 3 aromatic rings. The Hall–Kier alpha value is -3.37. The molecule has 1 N–H and O–H groups in total. The Bertz CT molecular complexity index is 1580. The van der Waals surface area contributed by atoms with Crippen LogP contribution in [0.15, 0.2) is 18.2 Å². The van der Waals surface area contributed by atoms with Crippen LogP contribution in [0.3, 0.4) is 0 Å². The largest absolute Gasteiger partial charge is 0.389 e. The van der Waals surface area contributed by atoms with E-state index < -0.39 is 6.10 Å². The third kappa shape index (κ3) is 5.74. The summed E-state index contributed by atoms with van der Waals surface area (Å²) in [5.74, 6) is 0.249. The van der Waals surface area contributed by atoms with E-state index in [1.54, 1.807) is 11.0 Å². The van der Waals surface area contributed by atoms with Gasteiger partial charge in [0.15, 0.2) is 10.9 Å². The first-order chi connectivity index (χ1) is 21.4. The number of aliphatic hydroxyl groups excluding tert-OH is 1. The van der Waals surface area contributed by atoms with Gasteiger partial charge in [0.2, 0.25) is 5.91 Å². The molecule has 1 aromatic carbocycles. The summed E-state index contributed by atoms with van der Waals surface area (Å²) in [6.45, 7) is 7.93. The fourth-order valence-corrected chi connectivity index (χ4v) is 7.58. The van der Waals surface area contributed by atoms with Crippen molar-refractivity contribution in [1.82, 2.24) is 19.8 Å². The number of aromatic nitrogens is 2. The fourth-order valence-electron chi connectivity index (χ4n) is 6.55. The second-order valence-corrected chi connectivity index (χ2v) is 13.3. The molecule has 232 valence electrons. The molecule has 12 heteroatoms. The van der Waals surface area contributed by atoms with Crippen LogP contribution in [-0.2, 0) is 9.53 Å². The molecule has 1 aliphatic carbocycles. The number of hydrogen-bond donors (Lipinski definition) is 1. The number of aliphatic hydroxyl groups is 1. The van der Waals surface area contributed by atoms with Crippen LogP contribution >= 0.6 is 11.3 Å². The minimum absolute atomic E-state index is 0.0454. The van der Waals surface area contributed by atoms with Crippen molar-refractivity contribution in [3.63, 3.8) is 0 Å². The van der Waals surface area contributed by atoms with E-state index >= 15 is 4.39 Å². The summed E-state index contributed by atoms with van der Waals surface area (Å²) in [5.41, 5.74) is 3.80. The molecule has 0 unspecified atom stereocenters. The maximum absolute atomic E-state index is 15.9. The molecular weight excluding hydrogens is 581 g/mol. The van der Waals surface area contributed by atoms with E-state index in [9.17, 15) is 15.2 Å². The number of benzene rings is 1. The van der Waals surface area contributed by atoms with Gasteiger partial charge in [-0.25, -0.2) is 14.4 Å². The van der Waals surface area contributed by atoms with Crippen molar-refractivity contribution in [2.45, 2.75) is 50.5 Å². The Morgan fingerprint density at radius 2 is 1.86 bits per heavy atom. The number of amides is 1. The van der Waals surface area contributed by atoms with E-state index in [4.69, 9.17) is 14.7 Å². The van der Waals surface area contributed by atoms with Crippen molar-refractivity contribution < 1.29 is 19.0 Å². The zero-order valence-electron chi connectivity index (χ0n) is 25.0. The molecule has 1 amide bonds. The maximum Gasteiger partial charge on any atom is 0.236 e. The average molecular weight is 620 g/mol. The number of likely N-dealkylation sites (tertiary alicyclic amines) is 1. The van der Waals surface area contributed by atoms with Gasteiger partial charge in [-0.3, -0.25) is 9.69 Å². The number of ether oxygens (including phenoxy) is 1. The van der Waals surface area contributed by atoms with Gasteiger partial charge in [0.1, 0.15) is 16.5 Å². The molecule has 4 aliphatic rings. The Morgan fingerprint density at radius 3 is 2.52 bits per heavy atom. The van der Waals surface area contributed by atoms with Crippen LogP contribution in [0.5, 0.6) is 0 Å². The second kappa shape index (κ2) is 12.2. The normalized spacial score (nSPS) is 20.1. The van der Waals surface area contributed by atoms with Gasteiger partial charge in [-0.1, -0.05) is 11.3 Å². The lowest BCUT2D eigenvalue weighted by Gasteiger charge is -2.39. The van der Waals surface area contributed by atoms with Crippen molar-refractivity contribution in [2.24, 2.45) is 0 Å². The topological polar surface area (TPSA) is 109 Å². The molecule has 0 bridgehead atoms. The Morgan fingerprint density at radius 1 is 1.11 bits per heavy atom. The van der Waals surface area contributed by atoms with Crippen molar-refractivity contribution in [3.05, 3.63) is 40.3 Å². The summed E-state index contributed by atoms with van der Waals surface area (Å²) in [6.07, 6.45) is 3.41. The van der Waals surface area contributed by atoms with E-state index in [0.717, 1.165) is 59.0 Å². The van der Waals surface area contributed by atoms with Gasteiger partial charge in [0.05, 0.1) is 24.0 Å². The average Bonchev–Trinajstić information content (AvgIpc) is 3.79. The molecular formula is C32H38FN7O3S. The number of carbonyl (C=O) groups is 1. The zero-order chi connectivity index (χ0) is 30.4. The van der Waals surface area contributed by atoms with Crippen molar-refractivity contribution >= 4 is 44.7 Å². The third-order valence-electron chi connectivity index (χ3n) is 9.35. The number of hydrogen-bond acceptors (Lipinski definition) is 10. The van der Waals surface area contributed by atoms with E-state index in [0.29, 0.717) is 81.9 Å². The van der Waals surface area contributed by atoms with E-state index in [1.807, 2.05) is 6.07 Å². The maximum atomic E-state index is 15.9. The van der Waals surface area contributed by atoms with Crippen molar-refractivity contribution in [1.29, 1.82) is 5.26 Å². The molecule has 4 fully saturated rings. The summed E-state index contributed by atoms with van der Waals surface area (Å²) in [7, 11) is 0. The predicted molar refractivity (Wildman–Crippen MR) is 167 cm³/mol. The second-order valence-electron chi connectivity index (χ2n) is 12.3. The smallest absolute Gasteiger partial charge is 0.236 e. The zero-order valence-corrected chi connectivity index (χ0v) is 25.9. The summed E-state index contributed by atoms with van der Waals surface area (Å²) in [6, 6.07) is 8.12. The number of pyridine rings is 1. The van der Waals surface area contributed by atoms with Crippen LogP contribution < -0.4 is 9.80 Å². The highest BCUT2D eigenvalue weighted by molar-refractivity contribution is 7.16. The van der Waals surface area contributed by atoms with Crippen LogP contribution in [0.2, 0.25) is 0 Å².